The van der Waals surface area contributed by atoms with Gasteiger partial charge in [-0.1, -0.05) is 30.7 Å². The summed E-state index contributed by atoms with van der Waals surface area (Å²) in [7, 11) is -3.66. The average molecular weight is 424 g/mol. The molecule has 0 spiro atoms. The second-order valence-electron chi connectivity index (χ2n) is 6.71. The van der Waals surface area contributed by atoms with Crippen LogP contribution in [0.1, 0.15) is 35.2 Å². The SMILES string of the molecule is Cl.Nc1ccc(CCNC(=O)c2ccccc2S(=O)(=O)N2CCCCC2)cc1. The van der Waals surface area contributed by atoms with Crippen LogP contribution < -0.4 is 11.1 Å². The van der Waals surface area contributed by atoms with Crippen LogP contribution in [-0.4, -0.2) is 38.3 Å². The number of amides is 1. The summed E-state index contributed by atoms with van der Waals surface area (Å²) in [6.45, 7) is 1.44. The molecule has 1 fully saturated rings. The van der Waals surface area contributed by atoms with Crippen molar-refractivity contribution in [2.24, 2.45) is 0 Å². The van der Waals surface area contributed by atoms with E-state index in [-0.39, 0.29) is 28.8 Å². The molecule has 6 nitrogen and oxygen atoms in total. The molecule has 0 saturated carbocycles. The smallest absolute Gasteiger partial charge is 0.252 e. The number of nitrogens with two attached hydrogens (primary N) is 1. The molecule has 3 N–H and O–H groups in total. The lowest BCUT2D eigenvalue weighted by Crippen LogP contribution is -2.37. The summed E-state index contributed by atoms with van der Waals surface area (Å²) in [6.07, 6.45) is 3.40. The molecule has 2 aromatic carbocycles. The van der Waals surface area contributed by atoms with E-state index < -0.39 is 10.0 Å². The van der Waals surface area contributed by atoms with Crippen LogP contribution in [0.5, 0.6) is 0 Å². The molecule has 0 atom stereocenters. The summed E-state index contributed by atoms with van der Waals surface area (Å²) in [5.74, 6) is -0.373. The van der Waals surface area contributed by atoms with Crippen LogP contribution in [0.25, 0.3) is 0 Å². The molecular formula is C20H26ClN3O3S. The standard InChI is InChI=1S/C20H25N3O3S.ClH/c21-17-10-8-16(9-11-17)12-13-22-20(24)18-6-2-3-7-19(18)27(25,26)23-14-4-1-5-15-23;/h2-3,6-11H,1,4-5,12-15,21H2,(H,22,24);1H. The first kappa shape index (κ1) is 22.2. The van der Waals surface area contributed by atoms with Crippen LogP contribution >= 0.6 is 12.4 Å². The third kappa shape index (κ3) is 5.25. The number of nitrogens with one attached hydrogen (secondary N) is 1. The van der Waals surface area contributed by atoms with E-state index in [2.05, 4.69) is 5.32 Å². The van der Waals surface area contributed by atoms with Crippen molar-refractivity contribution in [3.8, 4) is 0 Å². The predicted octanol–water partition coefficient (Wildman–Crippen LogP) is 2.84. The van der Waals surface area contributed by atoms with E-state index in [1.54, 1.807) is 18.2 Å². The van der Waals surface area contributed by atoms with Gasteiger partial charge in [0.2, 0.25) is 10.0 Å². The van der Waals surface area contributed by atoms with Gasteiger partial charge in [0.25, 0.3) is 5.91 Å². The Labute approximate surface area is 172 Å². The highest BCUT2D eigenvalue weighted by Crippen LogP contribution is 2.23. The number of carbonyl (C=O) groups is 1. The van der Waals surface area contributed by atoms with Crippen molar-refractivity contribution >= 4 is 34.0 Å². The fourth-order valence-electron chi connectivity index (χ4n) is 3.22. The van der Waals surface area contributed by atoms with Crippen molar-refractivity contribution < 1.29 is 13.2 Å². The molecular weight excluding hydrogens is 398 g/mol. The molecule has 0 bridgehead atoms. The zero-order valence-electron chi connectivity index (χ0n) is 15.6. The topological polar surface area (TPSA) is 92.5 Å². The fraction of sp³-hybridized carbons (Fsp3) is 0.350. The fourth-order valence-corrected chi connectivity index (χ4v) is 4.93. The Balaban J connectivity index is 0.00000280. The van der Waals surface area contributed by atoms with Gasteiger partial charge >= 0.3 is 0 Å². The summed E-state index contributed by atoms with van der Waals surface area (Å²) in [5.41, 5.74) is 7.61. The van der Waals surface area contributed by atoms with Gasteiger partial charge < -0.3 is 11.1 Å². The number of piperidine rings is 1. The molecule has 0 aromatic heterocycles. The van der Waals surface area contributed by atoms with Gasteiger partial charge in [0.1, 0.15) is 0 Å². The van der Waals surface area contributed by atoms with Crippen LogP contribution in [0.15, 0.2) is 53.4 Å². The average Bonchev–Trinajstić information content (AvgIpc) is 2.70. The first-order chi connectivity index (χ1) is 13.0. The van der Waals surface area contributed by atoms with Crippen LogP contribution in [-0.2, 0) is 16.4 Å². The highest BCUT2D eigenvalue weighted by Gasteiger charge is 2.29. The monoisotopic (exact) mass is 423 g/mol. The maximum atomic E-state index is 13.0. The van der Waals surface area contributed by atoms with Crippen molar-refractivity contribution in [1.29, 1.82) is 0 Å². The minimum Gasteiger partial charge on any atom is -0.399 e. The largest absolute Gasteiger partial charge is 0.399 e. The number of benzene rings is 2. The molecule has 3 rings (SSSR count). The predicted molar refractivity (Wildman–Crippen MR) is 113 cm³/mol. The Kier molecular flexibility index (Phi) is 7.86. The van der Waals surface area contributed by atoms with Crippen molar-refractivity contribution in [3.05, 3.63) is 59.7 Å². The van der Waals surface area contributed by atoms with Crippen LogP contribution in [0.3, 0.4) is 0 Å². The van der Waals surface area contributed by atoms with Gasteiger partial charge in [-0.05, 0) is 49.1 Å². The van der Waals surface area contributed by atoms with E-state index >= 15 is 0 Å². The molecule has 0 unspecified atom stereocenters. The lowest BCUT2D eigenvalue weighted by molar-refractivity contribution is 0.0950. The summed E-state index contributed by atoms with van der Waals surface area (Å²) >= 11 is 0. The normalized spacial score (nSPS) is 14.9. The van der Waals surface area contributed by atoms with Crippen LogP contribution in [0.2, 0.25) is 0 Å². The molecule has 0 aliphatic carbocycles. The Morgan fingerprint density at radius 3 is 2.32 bits per heavy atom. The molecule has 1 aliphatic heterocycles. The number of nitrogen functional groups attached to an aromatic ring is 1. The van der Waals surface area contributed by atoms with Gasteiger partial charge in [-0.3, -0.25) is 4.79 Å². The molecule has 1 aliphatic rings. The Bertz CT molecular complexity index is 895. The lowest BCUT2D eigenvalue weighted by atomic mass is 10.1. The van der Waals surface area contributed by atoms with Crippen LogP contribution in [0.4, 0.5) is 5.69 Å². The number of hydrogen-bond donors (Lipinski definition) is 2. The number of anilines is 1. The van der Waals surface area contributed by atoms with Gasteiger partial charge in [0, 0.05) is 25.3 Å². The molecule has 152 valence electrons. The van der Waals surface area contributed by atoms with Crippen molar-refractivity contribution in [2.75, 3.05) is 25.4 Å². The van der Waals surface area contributed by atoms with E-state index in [1.165, 1.54) is 10.4 Å². The second-order valence-corrected chi connectivity index (χ2v) is 8.61. The van der Waals surface area contributed by atoms with Crippen molar-refractivity contribution in [2.45, 2.75) is 30.6 Å². The number of nitrogens with zero attached hydrogens (tertiary/aromatic N) is 1. The third-order valence-electron chi connectivity index (χ3n) is 4.74. The maximum absolute atomic E-state index is 13.0. The molecule has 1 amide bonds. The van der Waals surface area contributed by atoms with E-state index in [4.69, 9.17) is 5.73 Å². The minimum atomic E-state index is -3.66. The Morgan fingerprint density at radius 1 is 1.00 bits per heavy atom. The molecule has 1 heterocycles. The summed E-state index contributed by atoms with van der Waals surface area (Å²) in [4.78, 5) is 12.7. The number of rotatable bonds is 6. The Hall–Kier alpha value is -2.09. The summed E-state index contributed by atoms with van der Waals surface area (Å²) < 4.78 is 27.4. The van der Waals surface area contributed by atoms with Gasteiger partial charge in [-0.25, -0.2) is 8.42 Å². The molecule has 28 heavy (non-hydrogen) atoms. The van der Waals surface area contributed by atoms with Crippen molar-refractivity contribution in [1.82, 2.24) is 9.62 Å². The molecule has 8 heteroatoms. The molecule has 2 aromatic rings. The zero-order valence-corrected chi connectivity index (χ0v) is 17.3. The van der Waals surface area contributed by atoms with Gasteiger partial charge in [-0.15, -0.1) is 12.4 Å². The first-order valence-electron chi connectivity index (χ1n) is 9.20. The lowest BCUT2D eigenvalue weighted by Gasteiger charge is -2.26. The summed E-state index contributed by atoms with van der Waals surface area (Å²) in [5, 5.41) is 2.82. The maximum Gasteiger partial charge on any atom is 0.252 e. The van der Waals surface area contributed by atoms with E-state index in [9.17, 15) is 13.2 Å². The highest BCUT2D eigenvalue weighted by atomic mass is 35.5. The third-order valence-corrected chi connectivity index (χ3v) is 6.70. The molecule has 1 saturated heterocycles. The first-order valence-corrected chi connectivity index (χ1v) is 10.6. The summed E-state index contributed by atoms with van der Waals surface area (Å²) in [6, 6.07) is 13.9. The Morgan fingerprint density at radius 2 is 1.64 bits per heavy atom. The highest BCUT2D eigenvalue weighted by molar-refractivity contribution is 7.89. The van der Waals surface area contributed by atoms with Gasteiger partial charge in [0.15, 0.2) is 0 Å². The van der Waals surface area contributed by atoms with E-state index in [1.807, 2.05) is 24.3 Å². The number of sulfonamides is 1. The zero-order chi connectivity index (χ0) is 19.3. The number of hydrogen-bond acceptors (Lipinski definition) is 4. The van der Waals surface area contributed by atoms with E-state index in [0.717, 1.165) is 24.8 Å². The van der Waals surface area contributed by atoms with Crippen molar-refractivity contribution in [3.63, 3.8) is 0 Å². The van der Waals surface area contributed by atoms with E-state index in [0.29, 0.717) is 31.7 Å². The van der Waals surface area contributed by atoms with Gasteiger partial charge in [-0.2, -0.15) is 4.31 Å². The number of halogens is 1. The van der Waals surface area contributed by atoms with Crippen LogP contribution in [0, 0.1) is 0 Å². The number of carbonyl (C=O) groups excluding carboxylic acids is 1. The minimum absolute atomic E-state index is 0. The van der Waals surface area contributed by atoms with Gasteiger partial charge in [0.05, 0.1) is 10.5 Å². The quantitative estimate of drug-likeness (QED) is 0.698. The second kappa shape index (κ2) is 9.91. The molecule has 0 radical (unpaired) electrons.